The fourth-order valence-electron chi connectivity index (χ4n) is 3.42. The Balaban J connectivity index is 1.42. The standard InChI is InChI=1S/C22H21ClFN3OS2/c23-19-12-16(30-27-22-26-10-11-29-22)8-9-21(19)28-13-18-17(2-1-3-20(18)25)14-4-6-15(24)7-5-14/h2,4-12,18,20H,1,3,13,25H2,(H,26,27). The maximum atomic E-state index is 13.3. The van der Waals surface area contributed by atoms with Crippen molar-refractivity contribution in [2.24, 2.45) is 11.7 Å². The molecule has 156 valence electrons. The molecule has 0 fully saturated rings. The van der Waals surface area contributed by atoms with Gasteiger partial charge in [-0.2, -0.15) is 0 Å². The van der Waals surface area contributed by atoms with Crippen LogP contribution in [0.25, 0.3) is 5.57 Å². The first kappa shape index (κ1) is 21.2. The van der Waals surface area contributed by atoms with Gasteiger partial charge in [-0.05, 0) is 66.3 Å². The minimum absolute atomic E-state index is 0.0147. The highest BCUT2D eigenvalue weighted by Crippen LogP contribution is 2.35. The first-order chi connectivity index (χ1) is 14.6. The molecule has 1 heterocycles. The molecule has 2 aromatic carbocycles. The summed E-state index contributed by atoms with van der Waals surface area (Å²) in [5.41, 5.74) is 8.48. The van der Waals surface area contributed by atoms with Gasteiger partial charge in [-0.15, -0.1) is 11.3 Å². The van der Waals surface area contributed by atoms with E-state index >= 15 is 0 Å². The minimum Gasteiger partial charge on any atom is -0.491 e. The highest BCUT2D eigenvalue weighted by atomic mass is 35.5. The Labute approximate surface area is 188 Å². The Morgan fingerprint density at radius 1 is 1.27 bits per heavy atom. The molecule has 30 heavy (non-hydrogen) atoms. The van der Waals surface area contributed by atoms with Crippen molar-refractivity contribution < 1.29 is 9.13 Å². The molecule has 3 N–H and O–H groups in total. The van der Waals surface area contributed by atoms with Crippen LogP contribution in [0.3, 0.4) is 0 Å². The van der Waals surface area contributed by atoms with Gasteiger partial charge in [-0.3, -0.25) is 0 Å². The number of nitrogens with zero attached hydrogens (tertiary/aromatic N) is 1. The molecule has 3 aromatic rings. The van der Waals surface area contributed by atoms with E-state index in [2.05, 4.69) is 15.8 Å². The molecule has 1 aliphatic carbocycles. The summed E-state index contributed by atoms with van der Waals surface area (Å²) in [6, 6.07) is 12.2. The predicted octanol–water partition coefficient (Wildman–Crippen LogP) is 6.25. The number of thiazole rings is 1. The second kappa shape index (κ2) is 9.83. The minimum atomic E-state index is -0.249. The third kappa shape index (κ3) is 5.16. The lowest BCUT2D eigenvalue weighted by Gasteiger charge is -2.30. The van der Waals surface area contributed by atoms with Crippen molar-refractivity contribution in [3.63, 3.8) is 0 Å². The molecule has 2 unspecified atom stereocenters. The number of rotatable bonds is 7. The molecule has 0 saturated heterocycles. The van der Waals surface area contributed by atoms with Gasteiger partial charge in [0.25, 0.3) is 0 Å². The van der Waals surface area contributed by atoms with Gasteiger partial charge in [0.05, 0.1) is 11.6 Å². The lowest BCUT2D eigenvalue weighted by atomic mass is 9.81. The summed E-state index contributed by atoms with van der Waals surface area (Å²) in [5, 5.41) is 3.29. The van der Waals surface area contributed by atoms with Gasteiger partial charge in [-0.25, -0.2) is 9.37 Å². The van der Waals surface area contributed by atoms with Gasteiger partial charge in [0.1, 0.15) is 11.6 Å². The summed E-state index contributed by atoms with van der Waals surface area (Å²) in [5.74, 6) is 0.383. The normalized spacial score (nSPS) is 18.7. The van der Waals surface area contributed by atoms with Gasteiger partial charge < -0.3 is 15.2 Å². The van der Waals surface area contributed by atoms with Crippen LogP contribution >= 0.6 is 34.9 Å². The number of allylic oxidation sites excluding steroid dienone is 1. The highest BCUT2D eigenvalue weighted by Gasteiger charge is 2.27. The first-order valence-electron chi connectivity index (χ1n) is 9.56. The lowest BCUT2D eigenvalue weighted by molar-refractivity contribution is 0.253. The summed E-state index contributed by atoms with van der Waals surface area (Å²) in [7, 11) is 0. The van der Waals surface area contributed by atoms with Crippen molar-refractivity contribution >= 4 is 45.6 Å². The molecule has 1 aliphatic rings. The second-order valence-electron chi connectivity index (χ2n) is 6.96. The van der Waals surface area contributed by atoms with Gasteiger partial charge in [0, 0.05) is 28.4 Å². The molecule has 0 aliphatic heterocycles. The third-order valence-electron chi connectivity index (χ3n) is 4.97. The Morgan fingerprint density at radius 2 is 2.10 bits per heavy atom. The summed E-state index contributed by atoms with van der Waals surface area (Å²) in [6.45, 7) is 0.411. The molecule has 0 saturated carbocycles. The van der Waals surface area contributed by atoms with E-state index in [0.717, 1.165) is 34.0 Å². The van der Waals surface area contributed by atoms with Crippen LogP contribution in [-0.4, -0.2) is 17.6 Å². The molecule has 4 nitrogen and oxygen atoms in total. The monoisotopic (exact) mass is 461 g/mol. The third-order valence-corrected chi connectivity index (χ3v) is 6.87. The Bertz CT molecular complexity index is 1010. The molecule has 0 radical (unpaired) electrons. The van der Waals surface area contributed by atoms with Gasteiger partial charge in [-0.1, -0.05) is 29.8 Å². The van der Waals surface area contributed by atoms with Crippen molar-refractivity contribution in [2.75, 3.05) is 11.3 Å². The van der Waals surface area contributed by atoms with Crippen LogP contribution in [0.5, 0.6) is 5.75 Å². The number of hydrogen-bond acceptors (Lipinski definition) is 6. The van der Waals surface area contributed by atoms with E-state index in [1.54, 1.807) is 18.3 Å². The number of benzene rings is 2. The van der Waals surface area contributed by atoms with Crippen molar-refractivity contribution in [3.05, 3.63) is 76.5 Å². The molecule has 0 spiro atoms. The lowest BCUT2D eigenvalue weighted by Crippen LogP contribution is -2.36. The summed E-state index contributed by atoms with van der Waals surface area (Å²) in [6.07, 6.45) is 5.73. The van der Waals surface area contributed by atoms with Crippen molar-refractivity contribution in [2.45, 2.75) is 23.8 Å². The Hall–Kier alpha value is -2.06. The zero-order chi connectivity index (χ0) is 20.9. The van der Waals surface area contributed by atoms with Crippen LogP contribution in [0.1, 0.15) is 18.4 Å². The van der Waals surface area contributed by atoms with E-state index in [1.807, 2.05) is 23.6 Å². The number of hydrogen-bond donors (Lipinski definition) is 2. The zero-order valence-corrected chi connectivity index (χ0v) is 18.4. The SMILES string of the molecule is NC1CCC=C(c2ccc(F)cc2)C1COc1ccc(SNc2nccs2)cc1Cl. The molecular weight excluding hydrogens is 441 g/mol. The molecule has 0 amide bonds. The van der Waals surface area contributed by atoms with Gasteiger partial charge >= 0.3 is 0 Å². The number of aromatic nitrogens is 1. The van der Waals surface area contributed by atoms with Gasteiger partial charge in [0.15, 0.2) is 5.13 Å². The maximum absolute atomic E-state index is 13.3. The quantitative estimate of drug-likeness (QED) is 0.407. The smallest absolute Gasteiger partial charge is 0.192 e. The van der Waals surface area contributed by atoms with E-state index < -0.39 is 0 Å². The average molecular weight is 462 g/mol. The summed E-state index contributed by atoms with van der Waals surface area (Å²) in [4.78, 5) is 5.15. The fraction of sp³-hybridized carbons (Fsp3) is 0.227. The number of nitrogens with one attached hydrogen (secondary N) is 1. The van der Waals surface area contributed by atoms with E-state index in [1.165, 1.54) is 35.4 Å². The van der Waals surface area contributed by atoms with Crippen LogP contribution < -0.4 is 15.2 Å². The van der Waals surface area contributed by atoms with E-state index in [9.17, 15) is 4.39 Å². The topological polar surface area (TPSA) is 60.2 Å². The summed E-state index contributed by atoms with van der Waals surface area (Å²) >= 11 is 9.43. The van der Waals surface area contributed by atoms with Crippen LogP contribution in [0.15, 0.2) is 65.0 Å². The Morgan fingerprint density at radius 3 is 2.83 bits per heavy atom. The van der Waals surface area contributed by atoms with Crippen LogP contribution in [0.2, 0.25) is 5.02 Å². The number of halogens is 2. The average Bonchev–Trinajstić information content (AvgIpc) is 3.26. The van der Waals surface area contributed by atoms with Crippen molar-refractivity contribution in [3.8, 4) is 5.75 Å². The van der Waals surface area contributed by atoms with E-state index in [4.69, 9.17) is 22.1 Å². The van der Waals surface area contributed by atoms with Crippen LogP contribution in [-0.2, 0) is 0 Å². The van der Waals surface area contributed by atoms with Crippen LogP contribution in [0.4, 0.5) is 9.52 Å². The molecule has 4 rings (SSSR count). The Kier molecular flexibility index (Phi) is 6.94. The predicted molar refractivity (Wildman–Crippen MR) is 124 cm³/mol. The number of ether oxygens (including phenoxy) is 1. The molecular formula is C22H21ClFN3OS2. The largest absolute Gasteiger partial charge is 0.491 e. The highest BCUT2D eigenvalue weighted by molar-refractivity contribution is 8.00. The molecule has 2 atom stereocenters. The van der Waals surface area contributed by atoms with Crippen molar-refractivity contribution in [1.29, 1.82) is 0 Å². The summed E-state index contributed by atoms with van der Waals surface area (Å²) < 4.78 is 22.6. The van der Waals surface area contributed by atoms with Gasteiger partial charge in [0.2, 0.25) is 0 Å². The first-order valence-corrected chi connectivity index (χ1v) is 11.6. The zero-order valence-electron chi connectivity index (χ0n) is 16.1. The van der Waals surface area contributed by atoms with Crippen LogP contribution in [0, 0.1) is 11.7 Å². The van der Waals surface area contributed by atoms with Crippen molar-refractivity contribution in [1.82, 2.24) is 4.98 Å². The molecule has 1 aromatic heterocycles. The number of anilines is 1. The molecule has 8 heteroatoms. The second-order valence-corrected chi connectivity index (χ2v) is 9.14. The maximum Gasteiger partial charge on any atom is 0.192 e. The molecule has 0 bridgehead atoms. The van der Waals surface area contributed by atoms with E-state index in [0.29, 0.717) is 17.4 Å². The van der Waals surface area contributed by atoms with E-state index in [-0.39, 0.29) is 17.8 Å². The fourth-order valence-corrected chi connectivity index (χ4v) is 4.98. The number of nitrogens with two attached hydrogens (primary N) is 1.